The average molecular weight is 468 g/mol. The highest BCUT2D eigenvalue weighted by molar-refractivity contribution is 6.52. The number of anilines is 1. The molecule has 1 unspecified atom stereocenters. The predicted molar refractivity (Wildman–Crippen MR) is 125 cm³/mol. The zero-order valence-corrected chi connectivity index (χ0v) is 18.8. The van der Waals surface area contributed by atoms with Gasteiger partial charge in [0.25, 0.3) is 11.7 Å². The Hall–Kier alpha value is -3.28. The van der Waals surface area contributed by atoms with Crippen LogP contribution in [0.3, 0.4) is 0 Å². The summed E-state index contributed by atoms with van der Waals surface area (Å²) in [6, 6.07) is 18.2. The number of rotatable bonds is 4. The monoisotopic (exact) mass is 467 g/mol. The van der Waals surface area contributed by atoms with Crippen LogP contribution in [-0.4, -0.2) is 23.9 Å². The minimum absolute atomic E-state index is 0.0545. The summed E-state index contributed by atoms with van der Waals surface area (Å²) < 4.78 is 5.39. The molecule has 5 nitrogen and oxygen atoms in total. The molecule has 0 saturated carbocycles. The molecule has 1 aliphatic heterocycles. The Morgan fingerprint density at radius 2 is 1.72 bits per heavy atom. The summed E-state index contributed by atoms with van der Waals surface area (Å²) in [6.45, 7) is 1.81. The third-order valence-corrected chi connectivity index (χ3v) is 5.81. The molecule has 0 bridgehead atoms. The fourth-order valence-electron chi connectivity index (χ4n) is 3.93. The number of benzene rings is 3. The number of carbonyl (C=O) groups excluding carboxylic acids is 2. The summed E-state index contributed by atoms with van der Waals surface area (Å²) in [5.41, 5.74) is 2.05. The normalized spacial score (nSPS) is 17.6. The number of halogens is 2. The van der Waals surface area contributed by atoms with Gasteiger partial charge in [0.05, 0.1) is 29.3 Å². The van der Waals surface area contributed by atoms with E-state index in [1.807, 2.05) is 6.07 Å². The minimum atomic E-state index is -0.862. The van der Waals surface area contributed by atoms with Crippen LogP contribution in [0.4, 0.5) is 5.69 Å². The summed E-state index contributed by atoms with van der Waals surface area (Å²) in [5.74, 6) is -1.71. The van der Waals surface area contributed by atoms with E-state index >= 15 is 0 Å². The smallest absolute Gasteiger partial charge is 0.300 e. The topological polar surface area (TPSA) is 66.8 Å². The largest absolute Gasteiger partial charge is 0.507 e. The zero-order chi connectivity index (χ0) is 23.0. The van der Waals surface area contributed by atoms with Crippen molar-refractivity contribution in [3.63, 3.8) is 0 Å². The maximum absolute atomic E-state index is 13.2. The summed E-state index contributed by atoms with van der Waals surface area (Å²) in [4.78, 5) is 27.7. The van der Waals surface area contributed by atoms with Gasteiger partial charge in [-0.25, -0.2) is 0 Å². The highest BCUT2D eigenvalue weighted by Gasteiger charge is 2.47. The molecule has 3 aromatic carbocycles. The number of aliphatic hydroxyl groups is 1. The number of aliphatic hydroxyl groups excluding tert-OH is 1. The summed E-state index contributed by atoms with van der Waals surface area (Å²) in [5, 5.41) is 12.0. The van der Waals surface area contributed by atoms with Gasteiger partial charge in [-0.2, -0.15) is 0 Å². The number of aryl methyl sites for hydroxylation is 1. The predicted octanol–water partition coefficient (Wildman–Crippen LogP) is 5.94. The number of hydrogen-bond acceptors (Lipinski definition) is 4. The Balaban J connectivity index is 2.01. The number of ketones is 1. The van der Waals surface area contributed by atoms with Crippen molar-refractivity contribution in [2.24, 2.45) is 0 Å². The number of Topliss-reactive ketones (excluding diaryl/α,β-unsaturated/α-hetero) is 1. The van der Waals surface area contributed by atoms with E-state index in [2.05, 4.69) is 0 Å². The van der Waals surface area contributed by atoms with Crippen molar-refractivity contribution < 1.29 is 19.4 Å². The van der Waals surface area contributed by atoms with Gasteiger partial charge in [0.2, 0.25) is 0 Å². The van der Waals surface area contributed by atoms with E-state index in [-0.39, 0.29) is 27.7 Å². The van der Waals surface area contributed by atoms with Gasteiger partial charge in [0, 0.05) is 10.7 Å². The van der Waals surface area contributed by atoms with Crippen molar-refractivity contribution in [3.8, 4) is 5.75 Å². The second-order valence-corrected chi connectivity index (χ2v) is 8.23. The number of hydrogen-bond donors (Lipinski definition) is 1. The molecule has 3 aromatic rings. The molecule has 162 valence electrons. The Morgan fingerprint density at radius 1 is 1.00 bits per heavy atom. The first-order chi connectivity index (χ1) is 15.3. The van der Waals surface area contributed by atoms with Crippen molar-refractivity contribution >= 4 is 46.3 Å². The maximum Gasteiger partial charge on any atom is 0.300 e. The van der Waals surface area contributed by atoms with Crippen molar-refractivity contribution in [1.82, 2.24) is 0 Å². The summed E-state index contributed by atoms with van der Waals surface area (Å²) in [7, 11) is 1.42. The number of carbonyl (C=O) groups is 2. The van der Waals surface area contributed by atoms with Crippen molar-refractivity contribution in [3.05, 3.63) is 99.0 Å². The van der Waals surface area contributed by atoms with E-state index < -0.39 is 17.7 Å². The van der Waals surface area contributed by atoms with Crippen LogP contribution >= 0.6 is 23.2 Å². The lowest BCUT2D eigenvalue weighted by Gasteiger charge is -2.25. The lowest BCUT2D eigenvalue weighted by atomic mass is 9.94. The van der Waals surface area contributed by atoms with Gasteiger partial charge >= 0.3 is 0 Å². The molecule has 4 rings (SSSR count). The van der Waals surface area contributed by atoms with Gasteiger partial charge in [-0.05, 0) is 48.4 Å². The highest BCUT2D eigenvalue weighted by Crippen LogP contribution is 2.44. The quantitative estimate of drug-likeness (QED) is 0.293. The Morgan fingerprint density at radius 3 is 2.38 bits per heavy atom. The molecule has 0 aliphatic carbocycles. The van der Waals surface area contributed by atoms with Crippen LogP contribution in [0, 0.1) is 6.92 Å². The van der Waals surface area contributed by atoms with Crippen molar-refractivity contribution in [2.45, 2.75) is 13.0 Å². The standard InChI is InChI=1S/C25H19Cl2NO4/c1-14-11-18(24(32-2)19(27)12-14)22(29)20-21(15-7-4-3-5-8-15)28(25(31)23(20)30)17-10-6-9-16(26)13-17/h3-13,21,29H,1-2H3/b22-20+. The molecule has 1 N–H and O–H groups in total. The van der Waals surface area contributed by atoms with E-state index in [1.54, 1.807) is 67.6 Å². The first-order valence-corrected chi connectivity index (χ1v) is 10.5. The second-order valence-electron chi connectivity index (χ2n) is 7.39. The van der Waals surface area contributed by atoms with Crippen LogP contribution in [0.1, 0.15) is 22.7 Å². The molecule has 0 spiro atoms. The van der Waals surface area contributed by atoms with Crippen LogP contribution in [0.2, 0.25) is 10.0 Å². The van der Waals surface area contributed by atoms with Gasteiger partial charge in [0.15, 0.2) is 0 Å². The number of amides is 1. The molecule has 1 aliphatic rings. The number of ether oxygens (including phenoxy) is 1. The number of methoxy groups -OCH3 is 1. The Labute approximate surface area is 195 Å². The van der Waals surface area contributed by atoms with Gasteiger partial charge in [-0.15, -0.1) is 0 Å². The van der Waals surface area contributed by atoms with Gasteiger partial charge in [0.1, 0.15) is 11.5 Å². The van der Waals surface area contributed by atoms with Crippen LogP contribution in [0.25, 0.3) is 5.76 Å². The third kappa shape index (κ3) is 3.74. The third-order valence-electron chi connectivity index (χ3n) is 5.29. The Kier molecular flexibility index (Phi) is 5.96. The molecule has 1 fully saturated rings. The lowest BCUT2D eigenvalue weighted by molar-refractivity contribution is -0.132. The van der Waals surface area contributed by atoms with Crippen molar-refractivity contribution in [2.75, 3.05) is 12.0 Å². The van der Waals surface area contributed by atoms with Gasteiger partial charge < -0.3 is 9.84 Å². The van der Waals surface area contributed by atoms with E-state index in [0.29, 0.717) is 16.3 Å². The van der Waals surface area contributed by atoms with E-state index in [9.17, 15) is 14.7 Å². The maximum atomic E-state index is 13.2. The van der Waals surface area contributed by atoms with Crippen LogP contribution < -0.4 is 9.64 Å². The lowest BCUT2D eigenvalue weighted by Crippen LogP contribution is -2.29. The van der Waals surface area contributed by atoms with Crippen LogP contribution in [0.5, 0.6) is 5.75 Å². The molecule has 7 heteroatoms. The summed E-state index contributed by atoms with van der Waals surface area (Å²) in [6.07, 6.45) is 0. The fraction of sp³-hybridized carbons (Fsp3) is 0.120. The average Bonchev–Trinajstić information content (AvgIpc) is 3.04. The molecule has 0 aromatic heterocycles. The van der Waals surface area contributed by atoms with E-state index in [1.165, 1.54) is 12.0 Å². The molecule has 1 saturated heterocycles. The molecular formula is C25H19Cl2NO4. The Bertz CT molecular complexity index is 1250. The molecule has 1 heterocycles. The number of nitrogens with zero attached hydrogens (tertiary/aromatic N) is 1. The first kappa shape index (κ1) is 21.9. The molecule has 1 amide bonds. The van der Waals surface area contributed by atoms with E-state index in [0.717, 1.165) is 5.56 Å². The van der Waals surface area contributed by atoms with Gasteiger partial charge in [-0.3, -0.25) is 14.5 Å². The van der Waals surface area contributed by atoms with E-state index in [4.69, 9.17) is 27.9 Å². The summed E-state index contributed by atoms with van der Waals surface area (Å²) >= 11 is 12.5. The zero-order valence-electron chi connectivity index (χ0n) is 17.3. The molecule has 0 radical (unpaired) electrons. The molecular weight excluding hydrogens is 449 g/mol. The first-order valence-electron chi connectivity index (χ1n) is 9.79. The fourth-order valence-corrected chi connectivity index (χ4v) is 4.47. The molecule has 1 atom stereocenters. The second kappa shape index (κ2) is 8.69. The van der Waals surface area contributed by atoms with Crippen molar-refractivity contribution in [1.29, 1.82) is 0 Å². The SMILES string of the molecule is COc1c(Cl)cc(C)cc1/C(O)=C1\C(=O)C(=O)N(c2cccc(Cl)c2)C1c1ccccc1. The highest BCUT2D eigenvalue weighted by atomic mass is 35.5. The van der Waals surface area contributed by atoms with Crippen LogP contribution in [0.15, 0.2) is 72.3 Å². The van der Waals surface area contributed by atoms with Gasteiger partial charge in [-0.1, -0.05) is 59.6 Å². The molecule has 32 heavy (non-hydrogen) atoms. The minimum Gasteiger partial charge on any atom is -0.507 e. The van der Waals surface area contributed by atoms with Crippen LogP contribution in [-0.2, 0) is 9.59 Å².